The summed E-state index contributed by atoms with van der Waals surface area (Å²) < 4.78 is 31.9. The van der Waals surface area contributed by atoms with Gasteiger partial charge in [0, 0.05) is 29.0 Å². The first kappa shape index (κ1) is 22.8. The number of hydrogen-bond acceptors (Lipinski definition) is 5. The van der Waals surface area contributed by atoms with Crippen LogP contribution in [0.25, 0.3) is 0 Å². The van der Waals surface area contributed by atoms with Gasteiger partial charge < -0.3 is 15.0 Å². The molecule has 9 heteroatoms. The second-order valence-electron chi connectivity index (χ2n) is 8.25. The van der Waals surface area contributed by atoms with Crippen LogP contribution in [-0.4, -0.2) is 39.6 Å². The molecule has 2 aliphatic rings. The molecule has 2 aromatic rings. The van der Waals surface area contributed by atoms with Crippen molar-refractivity contribution in [3.05, 3.63) is 45.9 Å². The van der Waals surface area contributed by atoms with Crippen LogP contribution < -0.4 is 15.0 Å². The number of benzene rings is 2. The number of halogens is 1. The predicted molar refractivity (Wildman–Crippen MR) is 126 cm³/mol. The van der Waals surface area contributed by atoms with Crippen molar-refractivity contribution in [2.24, 2.45) is 5.92 Å². The van der Waals surface area contributed by atoms with Gasteiger partial charge in [0.05, 0.1) is 23.4 Å². The van der Waals surface area contributed by atoms with Crippen molar-refractivity contribution in [3.63, 3.8) is 0 Å². The molecule has 0 bridgehead atoms. The Labute approximate surface area is 196 Å². The molecular formula is C23H25BrN2O5S. The fourth-order valence-corrected chi connectivity index (χ4v) is 6.33. The summed E-state index contributed by atoms with van der Waals surface area (Å²) in [5.41, 5.74) is 3.07. The third kappa shape index (κ3) is 4.68. The molecule has 2 amide bonds. The number of nitrogens with one attached hydrogen (secondary N) is 1. The number of amides is 2. The fraction of sp³-hybridized carbons (Fsp3) is 0.391. The smallest absolute Gasteiger partial charge is 0.230 e. The summed E-state index contributed by atoms with van der Waals surface area (Å²) in [7, 11) is -2.25. The van der Waals surface area contributed by atoms with E-state index in [1.165, 1.54) is 7.11 Å². The van der Waals surface area contributed by atoms with Gasteiger partial charge in [-0.1, -0.05) is 6.07 Å². The zero-order valence-corrected chi connectivity index (χ0v) is 20.4. The van der Waals surface area contributed by atoms with Crippen LogP contribution in [0.5, 0.6) is 5.75 Å². The topological polar surface area (TPSA) is 92.8 Å². The molecule has 1 saturated carbocycles. The number of aryl methyl sites for hydroxylation is 1. The van der Waals surface area contributed by atoms with Crippen LogP contribution >= 0.6 is 15.9 Å². The molecule has 4 rings (SSSR count). The lowest BCUT2D eigenvalue weighted by atomic mass is 10.2. The minimum Gasteiger partial charge on any atom is -0.495 e. The van der Waals surface area contributed by atoms with Crippen molar-refractivity contribution in [3.8, 4) is 5.75 Å². The minimum atomic E-state index is -3.75. The molecule has 32 heavy (non-hydrogen) atoms. The maximum Gasteiger partial charge on any atom is 0.230 e. The quantitative estimate of drug-likeness (QED) is 0.598. The maximum absolute atomic E-state index is 13.1. The Bertz CT molecular complexity index is 1190. The highest BCUT2D eigenvalue weighted by Gasteiger charge is 2.37. The maximum atomic E-state index is 13.1. The van der Waals surface area contributed by atoms with E-state index >= 15 is 0 Å². The lowest BCUT2D eigenvalue weighted by molar-refractivity contribution is -0.119. The van der Waals surface area contributed by atoms with E-state index in [-0.39, 0.29) is 28.9 Å². The summed E-state index contributed by atoms with van der Waals surface area (Å²) in [6, 6.07) is 8.73. The first-order valence-corrected chi connectivity index (χ1v) is 12.9. The van der Waals surface area contributed by atoms with Crippen LogP contribution in [0.2, 0.25) is 0 Å². The number of hydrogen-bond donors (Lipinski definition) is 1. The summed E-state index contributed by atoms with van der Waals surface area (Å²) in [5.74, 6) is -0.122. The van der Waals surface area contributed by atoms with Gasteiger partial charge >= 0.3 is 0 Å². The van der Waals surface area contributed by atoms with E-state index in [0.717, 1.165) is 24.0 Å². The van der Waals surface area contributed by atoms with Crippen LogP contribution in [0.3, 0.4) is 0 Å². The highest BCUT2D eigenvalue weighted by atomic mass is 79.9. The van der Waals surface area contributed by atoms with E-state index in [9.17, 15) is 18.0 Å². The number of methoxy groups -OCH3 is 1. The average Bonchev–Trinajstić information content (AvgIpc) is 3.52. The fourth-order valence-electron chi connectivity index (χ4n) is 3.88. The molecule has 7 nitrogen and oxygen atoms in total. The monoisotopic (exact) mass is 520 g/mol. The summed E-state index contributed by atoms with van der Waals surface area (Å²) in [4.78, 5) is 26.9. The number of carbonyl (C=O) groups is 2. The van der Waals surface area contributed by atoms with Crippen molar-refractivity contribution in [2.75, 3.05) is 29.6 Å². The number of fused-ring (bicyclic) bond motifs is 1. The molecule has 170 valence electrons. The van der Waals surface area contributed by atoms with Crippen LogP contribution in [0.1, 0.15) is 30.4 Å². The van der Waals surface area contributed by atoms with Crippen molar-refractivity contribution >= 4 is 49.0 Å². The molecule has 0 radical (unpaired) electrons. The van der Waals surface area contributed by atoms with E-state index in [2.05, 4.69) is 21.2 Å². The van der Waals surface area contributed by atoms with Gasteiger partial charge in [0.1, 0.15) is 5.75 Å². The number of nitrogens with zero attached hydrogens (tertiary/aromatic N) is 1. The molecule has 1 N–H and O–H groups in total. The van der Waals surface area contributed by atoms with Gasteiger partial charge in [-0.3, -0.25) is 9.59 Å². The van der Waals surface area contributed by atoms with E-state index in [0.29, 0.717) is 34.6 Å². The number of rotatable bonds is 7. The molecule has 2 aromatic carbocycles. The van der Waals surface area contributed by atoms with Crippen LogP contribution in [-0.2, 0) is 25.8 Å². The van der Waals surface area contributed by atoms with Gasteiger partial charge in [0.15, 0.2) is 9.84 Å². The zero-order valence-electron chi connectivity index (χ0n) is 18.0. The SMILES string of the molecule is COc1ccc(C)cc1NC(=O)CCS(=O)(=O)c1cc2c(cc1Br)CCN2C(=O)C1CC1. The van der Waals surface area contributed by atoms with Gasteiger partial charge in [0.2, 0.25) is 11.8 Å². The molecule has 0 saturated heterocycles. The summed E-state index contributed by atoms with van der Waals surface area (Å²) in [5, 5.41) is 2.73. The van der Waals surface area contributed by atoms with Gasteiger partial charge in [-0.2, -0.15) is 0 Å². The molecule has 1 fully saturated rings. The lowest BCUT2D eigenvalue weighted by Crippen LogP contribution is -2.30. The highest BCUT2D eigenvalue weighted by Crippen LogP contribution is 2.39. The Morgan fingerprint density at radius 3 is 2.66 bits per heavy atom. The molecule has 0 atom stereocenters. The first-order valence-electron chi connectivity index (χ1n) is 10.5. The molecule has 1 aliphatic carbocycles. The van der Waals surface area contributed by atoms with Crippen molar-refractivity contribution < 1.29 is 22.7 Å². The van der Waals surface area contributed by atoms with Gasteiger partial charge in [-0.15, -0.1) is 0 Å². The summed E-state index contributed by atoms with van der Waals surface area (Å²) in [6.45, 7) is 2.46. The first-order chi connectivity index (χ1) is 15.2. The van der Waals surface area contributed by atoms with Gasteiger partial charge in [0.25, 0.3) is 0 Å². The Morgan fingerprint density at radius 2 is 1.97 bits per heavy atom. The predicted octanol–water partition coefficient (Wildman–Crippen LogP) is 3.87. The Kier molecular flexibility index (Phi) is 6.31. The Balaban J connectivity index is 1.49. The van der Waals surface area contributed by atoms with Crippen molar-refractivity contribution in [1.29, 1.82) is 0 Å². The lowest BCUT2D eigenvalue weighted by Gasteiger charge is -2.18. The second-order valence-corrected chi connectivity index (χ2v) is 11.2. The van der Waals surface area contributed by atoms with Gasteiger partial charge in [-0.25, -0.2) is 8.42 Å². The molecule has 0 spiro atoms. The van der Waals surface area contributed by atoms with E-state index < -0.39 is 15.7 Å². The summed E-state index contributed by atoms with van der Waals surface area (Å²) in [6.07, 6.45) is 2.29. The summed E-state index contributed by atoms with van der Waals surface area (Å²) >= 11 is 3.37. The average molecular weight is 521 g/mol. The second kappa shape index (κ2) is 8.86. The molecular weight excluding hydrogens is 496 g/mol. The number of ether oxygens (including phenoxy) is 1. The molecule has 0 aromatic heterocycles. The van der Waals surface area contributed by atoms with E-state index in [1.807, 2.05) is 13.0 Å². The largest absolute Gasteiger partial charge is 0.495 e. The van der Waals surface area contributed by atoms with Crippen molar-refractivity contribution in [1.82, 2.24) is 0 Å². The highest BCUT2D eigenvalue weighted by molar-refractivity contribution is 9.10. The van der Waals surface area contributed by atoms with Gasteiger partial charge in [-0.05, 0) is 77.5 Å². The number of anilines is 2. The van der Waals surface area contributed by atoms with Crippen LogP contribution in [0, 0.1) is 12.8 Å². The van der Waals surface area contributed by atoms with E-state index in [4.69, 9.17) is 4.74 Å². The molecule has 1 aliphatic heterocycles. The van der Waals surface area contributed by atoms with E-state index in [1.54, 1.807) is 29.2 Å². The normalized spacial score (nSPS) is 15.4. The molecule has 1 heterocycles. The van der Waals surface area contributed by atoms with Crippen LogP contribution in [0.4, 0.5) is 11.4 Å². The third-order valence-corrected chi connectivity index (χ3v) is 8.45. The molecule has 0 unspecified atom stereocenters. The standard InChI is InChI=1S/C23H25BrN2O5S/c1-14-3-6-20(31-2)18(11-14)25-22(27)8-10-32(29,30)21-13-19-16(12-17(21)24)7-9-26(19)23(28)15-4-5-15/h3,6,11-13,15H,4-5,7-10H2,1-2H3,(H,25,27). The number of carbonyl (C=O) groups excluding carboxylic acids is 2. The Morgan fingerprint density at radius 1 is 1.22 bits per heavy atom. The Hall–Kier alpha value is -2.39. The van der Waals surface area contributed by atoms with Crippen molar-refractivity contribution in [2.45, 2.75) is 37.5 Å². The van der Waals surface area contributed by atoms with Crippen LogP contribution in [0.15, 0.2) is 39.7 Å². The number of sulfone groups is 1. The third-order valence-electron chi connectivity index (χ3n) is 5.78. The zero-order chi connectivity index (χ0) is 23.0. The minimum absolute atomic E-state index is 0.0620.